The van der Waals surface area contributed by atoms with Crippen molar-refractivity contribution in [1.29, 1.82) is 0 Å². The lowest BCUT2D eigenvalue weighted by atomic mass is 10.0. The monoisotopic (exact) mass is 451 g/mol. The van der Waals surface area contributed by atoms with Gasteiger partial charge in [-0.15, -0.1) is 0 Å². The van der Waals surface area contributed by atoms with Crippen LogP contribution in [0.2, 0.25) is 0 Å². The Balaban J connectivity index is -0.000000202. The maximum atomic E-state index is 9.66. The summed E-state index contributed by atoms with van der Waals surface area (Å²) in [5.74, 6) is 0. The van der Waals surface area contributed by atoms with Gasteiger partial charge in [0.15, 0.2) is 0 Å². The Kier molecular flexibility index (Phi) is 24.8. The molecule has 1 saturated heterocycles. The third kappa shape index (κ3) is 16.0. The van der Waals surface area contributed by atoms with Crippen LogP contribution in [0.1, 0.15) is 99.1 Å². The normalized spacial score (nSPS) is 13.9. The minimum atomic E-state index is -0.358. The first-order chi connectivity index (χ1) is 13.3. The number of rotatable bonds is 4. The van der Waals surface area contributed by atoms with Crippen molar-refractivity contribution in [1.82, 2.24) is 4.90 Å². The van der Waals surface area contributed by atoms with Crippen LogP contribution >= 0.6 is 0 Å². The molecule has 3 rings (SSSR count). The first kappa shape index (κ1) is 37.6. The van der Waals surface area contributed by atoms with E-state index in [9.17, 15) is 5.11 Å². The summed E-state index contributed by atoms with van der Waals surface area (Å²) in [7, 11) is 0. The molecule has 188 valence electrons. The second kappa shape index (κ2) is 21.1. The van der Waals surface area contributed by atoms with Crippen LogP contribution in [-0.2, 0) is 6.54 Å². The molecule has 1 aliphatic heterocycles. The van der Waals surface area contributed by atoms with Crippen LogP contribution in [-0.4, -0.2) is 39.4 Å². The van der Waals surface area contributed by atoms with Crippen molar-refractivity contribution in [3.63, 3.8) is 0 Å². The van der Waals surface area contributed by atoms with Gasteiger partial charge in [0, 0.05) is 12.6 Å². The Labute approximate surface area is 199 Å². The maximum absolute atomic E-state index is 9.66. The van der Waals surface area contributed by atoms with Crippen LogP contribution < -0.4 is 0 Å². The molecule has 2 aromatic rings. The molecule has 2 atom stereocenters. The highest BCUT2D eigenvalue weighted by Crippen LogP contribution is 2.20. The summed E-state index contributed by atoms with van der Waals surface area (Å²) >= 11 is 0. The number of hydrogen-bond acceptors (Lipinski definition) is 4. The molecule has 4 heteroatoms. The van der Waals surface area contributed by atoms with Crippen LogP contribution in [0, 0.1) is 0 Å². The Morgan fingerprint density at radius 2 is 1.12 bits per heavy atom. The van der Waals surface area contributed by atoms with E-state index < -0.39 is 0 Å². The van der Waals surface area contributed by atoms with Crippen LogP contribution in [0.5, 0.6) is 0 Å². The van der Waals surface area contributed by atoms with Crippen molar-refractivity contribution in [2.75, 3.05) is 13.1 Å². The zero-order valence-electron chi connectivity index (χ0n) is 17.8. The van der Waals surface area contributed by atoms with Gasteiger partial charge in [0.1, 0.15) is 0 Å². The number of aliphatic hydroxyl groups excluding tert-OH is 3. The van der Waals surface area contributed by atoms with E-state index >= 15 is 0 Å². The van der Waals surface area contributed by atoms with E-state index in [1.165, 1.54) is 31.5 Å². The number of benzene rings is 2. The van der Waals surface area contributed by atoms with Gasteiger partial charge in [0.2, 0.25) is 0 Å². The van der Waals surface area contributed by atoms with Crippen molar-refractivity contribution in [2.24, 2.45) is 0 Å². The first-order valence-electron chi connectivity index (χ1n) is 10.2. The van der Waals surface area contributed by atoms with Crippen LogP contribution in [0.15, 0.2) is 54.6 Å². The highest BCUT2D eigenvalue weighted by Gasteiger charge is 2.14. The molecule has 0 aromatic heterocycles. The SMILES string of the molecule is C.C.C.C.CC(C)O.CC(O)c1ccccc1.CC(O)c1ccccc1CN1CCCC1. The summed E-state index contributed by atoms with van der Waals surface area (Å²) in [5, 5.41) is 26.7. The second-order valence-corrected chi connectivity index (χ2v) is 7.54. The lowest BCUT2D eigenvalue weighted by Crippen LogP contribution is -2.19. The summed E-state index contributed by atoms with van der Waals surface area (Å²) < 4.78 is 0. The van der Waals surface area contributed by atoms with Crippen molar-refractivity contribution in [2.45, 2.75) is 95.1 Å². The highest BCUT2D eigenvalue weighted by molar-refractivity contribution is 5.28. The molecule has 2 unspecified atom stereocenters. The number of aliphatic hydroxyl groups is 3. The molecule has 0 spiro atoms. The Morgan fingerprint density at radius 1 is 0.688 bits per heavy atom. The van der Waals surface area contributed by atoms with Gasteiger partial charge in [-0.1, -0.05) is 84.3 Å². The van der Waals surface area contributed by atoms with Gasteiger partial charge in [-0.2, -0.15) is 0 Å². The zero-order valence-corrected chi connectivity index (χ0v) is 17.8. The third-order valence-electron chi connectivity index (χ3n) is 4.38. The summed E-state index contributed by atoms with van der Waals surface area (Å²) in [4.78, 5) is 2.46. The Bertz CT molecular complexity index is 633. The largest absolute Gasteiger partial charge is 0.394 e. The van der Waals surface area contributed by atoms with Gasteiger partial charge in [0.05, 0.1) is 12.2 Å². The smallest absolute Gasteiger partial charge is 0.0765 e. The van der Waals surface area contributed by atoms with E-state index in [4.69, 9.17) is 10.2 Å². The average molecular weight is 452 g/mol. The molecule has 1 heterocycles. The number of nitrogens with zero attached hydrogens (tertiary/aromatic N) is 1. The van der Waals surface area contributed by atoms with Gasteiger partial charge < -0.3 is 15.3 Å². The summed E-state index contributed by atoms with van der Waals surface area (Å²) in [5.41, 5.74) is 3.32. The molecule has 0 radical (unpaired) electrons. The minimum Gasteiger partial charge on any atom is -0.394 e. The molecule has 0 bridgehead atoms. The van der Waals surface area contributed by atoms with E-state index in [1.807, 2.05) is 49.4 Å². The summed E-state index contributed by atoms with van der Waals surface area (Å²) in [6.07, 6.45) is 1.77. The quantitative estimate of drug-likeness (QED) is 0.468. The predicted molar refractivity (Wildman–Crippen MR) is 143 cm³/mol. The van der Waals surface area contributed by atoms with E-state index in [1.54, 1.807) is 20.8 Å². The topological polar surface area (TPSA) is 63.9 Å². The molecule has 4 nitrogen and oxygen atoms in total. The van der Waals surface area contributed by atoms with E-state index in [0.717, 1.165) is 17.7 Å². The summed E-state index contributed by atoms with van der Waals surface area (Å²) in [6, 6.07) is 17.8. The predicted octanol–water partition coefficient (Wildman–Crippen LogP) is 7.01. The van der Waals surface area contributed by atoms with Crippen LogP contribution in [0.3, 0.4) is 0 Å². The lowest BCUT2D eigenvalue weighted by molar-refractivity contribution is 0.196. The molecule has 0 saturated carbocycles. The Hall–Kier alpha value is -1.72. The van der Waals surface area contributed by atoms with Gasteiger partial charge in [-0.3, -0.25) is 4.90 Å². The number of likely N-dealkylation sites (tertiary alicyclic amines) is 1. The van der Waals surface area contributed by atoms with Crippen molar-refractivity contribution in [3.05, 3.63) is 71.3 Å². The van der Waals surface area contributed by atoms with Crippen LogP contribution in [0.4, 0.5) is 0 Å². The average Bonchev–Trinajstić information content (AvgIpc) is 3.16. The molecular formula is C28H53NO3. The maximum Gasteiger partial charge on any atom is 0.0765 e. The molecule has 0 aliphatic carbocycles. The van der Waals surface area contributed by atoms with E-state index in [0.29, 0.717) is 0 Å². The first-order valence-corrected chi connectivity index (χ1v) is 10.2. The highest BCUT2D eigenvalue weighted by atomic mass is 16.3. The van der Waals surface area contributed by atoms with Crippen molar-refractivity contribution in [3.8, 4) is 0 Å². The van der Waals surface area contributed by atoms with E-state index in [-0.39, 0.29) is 48.0 Å². The molecule has 3 N–H and O–H groups in total. The lowest BCUT2D eigenvalue weighted by Gasteiger charge is -2.18. The van der Waals surface area contributed by atoms with Crippen molar-refractivity contribution >= 4 is 0 Å². The molecule has 2 aromatic carbocycles. The fourth-order valence-corrected chi connectivity index (χ4v) is 3.00. The Morgan fingerprint density at radius 3 is 1.53 bits per heavy atom. The minimum absolute atomic E-state index is 0. The van der Waals surface area contributed by atoms with Gasteiger partial charge >= 0.3 is 0 Å². The van der Waals surface area contributed by atoms with Crippen molar-refractivity contribution < 1.29 is 15.3 Å². The summed E-state index contributed by atoms with van der Waals surface area (Å²) in [6.45, 7) is 10.4. The van der Waals surface area contributed by atoms with E-state index in [2.05, 4.69) is 17.0 Å². The number of hydrogen-bond donors (Lipinski definition) is 3. The molecule has 0 amide bonds. The second-order valence-electron chi connectivity index (χ2n) is 7.54. The van der Waals surface area contributed by atoms with Gasteiger partial charge in [-0.05, 0) is 70.3 Å². The molecular weight excluding hydrogens is 398 g/mol. The van der Waals surface area contributed by atoms with Gasteiger partial charge in [-0.25, -0.2) is 0 Å². The molecule has 32 heavy (non-hydrogen) atoms. The molecule has 1 aliphatic rings. The standard InChI is InChI=1S/C13H19NO.C8H10O.C3H8O.4CH4/c1-11(15)13-7-3-2-6-12(13)10-14-8-4-5-9-14;1-7(9)8-5-3-2-4-6-8;1-3(2)4;;;;/h2-3,6-7,11,15H,4-5,8-10H2,1H3;2-7,9H,1H3;3-4H,1-2H3;4*1H4. The third-order valence-corrected chi connectivity index (χ3v) is 4.38. The van der Waals surface area contributed by atoms with Gasteiger partial charge in [0.25, 0.3) is 0 Å². The van der Waals surface area contributed by atoms with Crippen LogP contribution in [0.25, 0.3) is 0 Å². The zero-order chi connectivity index (χ0) is 20.9. The fraction of sp³-hybridized carbons (Fsp3) is 0.571. The molecule has 1 fully saturated rings. The fourth-order valence-electron chi connectivity index (χ4n) is 3.00.